The molecule has 0 bridgehead atoms. The molecule has 0 aromatic heterocycles. The zero-order chi connectivity index (χ0) is 22.8. The van der Waals surface area contributed by atoms with Crippen molar-refractivity contribution in [3.8, 4) is 0 Å². The summed E-state index contributed by atoms with van der Waals surface area (Å²) in [5.74, 6) is -1.85. The van der Waals surface area contributed by atoms with Gasteiger partial charge >= 0.3 is 0 Å². The van der Waals surface area contributed by atoms with Gasteiger partial charge in [-0.3, -0.25) is 4.79 Å². The molecule has 1 amide bonds. The van der Waals surface area contributed by atoms with Gasteiger partial charge in [-0.2, -0.15) is 0 Å². The molecule has 0 radical (unpaired) electrons. The van der Waals surface area contributed by atoms with Crippen LogP contribution in [0.3, 0.4) is 0 Å². The molecule has 1 aliphatic heterocycles. The maximum absolute atomic E-state index is 14.8. The second kappa shape index (κ2) is 9.36. The molecule has 0 spiro atoms. The van der Waals surface area contributed by atoms with E-state index in [1.54, 1.807) is 25.1 Å². The Hall–Kier alpha value is -2.45. The fourth-order valence-corrected chi connectivity index (χ4v) is 4.41. The number of carbonyl (C=O) groups is 1. The average molecular weight is 469 g/mol. The third kappa shape index (κ3) is 5.62. The fraction of sp³-hybridized carbons (Fsp3) is 0.318. The molecule has 1 N–H and O–H groups in total. The van der Waals surface area contributed by atoms with Crippen molar-refractivity contribution in [1.29, 1.82) is 0 Å². The molecule has 0 unspecified atom stereocenters. The summed E-state index contributed by atoms with van der Waals surface area (Å²) in [5.41, 5.74) is 1.07. The maximum atomic E-state index is 14.8. The first-order valence-electron chi connectivity index (χ1n) is 9.76. The topological polar surface area (TPSA) is 66.5 Å². The van der Waals surface area contributed by atoms with Crippen LogP contribution in [0.2, 0.25) is 5.02 Å². The SMILES string of the molecule is C[C@H](/C=C/S(C)(=O)=O)NC(=O)c1ccc(N2CCC[C@@H]2c2cccc(F)c2Cl)cc1F. The van der Waals surface area contributed by atoms with E-state index in [2.05, 4.69) is 5.32 Å². The first kappa shape index (κ1) is 23.2. The van der Waals surface area contributed by atoms with Crippen LogP contribution in [0, 0.1) is 11.6 Å². The van der Waals surface area contributed by atoms with E-state index in [0.717, 1.165) is 24.5 Å². The molecule has 2 aromatic carbocycles. The summed E-state index contributed by atoms with van der Waals surface area (Å²) >= 11 is 6.15. The smallest absolute Gasteiger partial charge is 0.254 e. The van der Waals surface area contributed by atoms with Crippen LogP contribution in [-0.4, -0.2) is 33.2 Å². The summed E-state index contributed by atoms with van der Waals surface area (Å²) in [5, 5.41) is 3.59. The number of amides is 1. The lowest BCUT2D eigenvalue weighted by Gasteiger charge is -2.28. The molecule has 0 saturated carbocycles. The van der Waals surface area contributed by atoms with E-state index in [4.69, 9.17) is 11.6 Å². The third-order valence-corrected chi connectivity index (χ3v) is 6.15. The van der Waals surface area contributed by atoms with E-state index in [-0.39, 0.29) is 16.6 Å². The van der Waals surface area contributed by atoms with Gasteiger partial charge in [0.2, 0.25) is 0 Å². The van der Waals surface area contributed by atoms with Gasteiger partial charge in [0.05, 0.1) is 16.6 Å². The Morgan fingerprint density at radius 3 is 2.68 bits per heavy atom. The number of rotatable bonds is 6. The first-order chi connectivity index (χ1) is 14.6. The molecule has 2 atom stereocenters. The average Bonchev–Trinajstić information content (AvgIpc) is 3.17. The number of halogens is 3. The van der Waals surface area contributed by atoms with Crippen LogP contribution in [0.15, 0.2) is 47.9 Å². The Kier molecular flexibility index (Phi) is 7.01. The van der Waals surface area contributed by atoms with Gasteiger partial charge in [0, 0.05) is 29.9 Å². The summed E-state index contributed by atoms with van der Waals surface area (Å²) in [6.07, 6.45) is 3.94. The number of sulfone groups is 1. The molecule has 5 nitrogen and oxygen atoms in total. The van der Waals surface area contributed by atoms with Gasteiger partial charge in [-0.05, 0) is 49.6 Å². The van der Waals surface area contributed by atoms with Crippen molar-refractivity contribution in [3.05, 3.63) is 75.7 Å². The molecule has 31 heavy (non-hydrogen) atoms. The van der Waals surface area contributed by atoms with Crippen LogP contribution >= 0.6 is 11.6 Å². The van der Waals surface area contributed by atoms with Crippen molar-refractivity contribution in [3.63, 3.8) is 0 Å². The van der Waals surface area contributed by atoms with Crippen LogP contribution in [0.5, 0.6) is 0 Å². The van der Waals surface area contributed by atoms with Crippen molar-refractivity contribution in [2.75, 3.05) is 17.7 Å². The highest BCUT2D eigenvalue weighted by molar-refractivity contribution is 7.93. The lowest BCUT2D eigenvalue weighted by atomic mass is 10.0. The molecule has 1 saturated heterocycles. The zero-order valence-corrected chi connectivity index (χ0v) is 18.7. The third-order valence-electron chi connectivity index (χ3n) is 5.10. The lowest BCUT2D eigenvalue weighted by molar-refractivity contribution is 0.0943. The Balaban J connectivity index is 1.79. The predicted molar refractivity (Wildman–Crippen MR) is 118 cm³/mol. The Morgan fingerprint density at radius 2 is 2.00 bits per heavy atom. The molecule has 1 aliphatic rings. The van der Waals surface area contributed by atoms with Crippen LogP contribution in [0.25, 0.3) is 0 Å². The van der Waals surface area contributed by atoms with Crippen molar-refractivity contribution < 1.29 is 22.0 Å². The van der Waals surface area contributed by atoms with Gasteiger partial charge in [0.25, 0.3) is 5.91 Å². The molecule has 0 aliphatic carbocycles. The highest BCUT2D eigenvalue weighted by atomic mass is 35.5. The standard InChI is InChI=1S/C22H23ClF2N2O3S/c1-14(10-12-31(2,29)30)26-22(28)16-9-8-15(13-19(16)25)27-11-4-7-20(27)17-5-3-6-18(24)21(17)23/h3,5-6,8-10,12-14,20H,4,7,11H2,1-2H3,(H,26,28)/b12-10+/t14-,20-/m1/s1. The van der Waals surface area contributed by atoms with Crippen LogP contribution in [-0.2, 0) is 9.84 Å². The molecule has 1 heterocycles. The second-order valence-corrected chi connectivity index (χ2v) is 9.89. The summed E-state index contributed by atoms with van der Waals surface area (Å²) in [7, 11) is -3.32. The first-order valence-corrected chi connectivity index (χ1v) is 12.1. The van der Waals surface area contributed by atoms with Crippen molar-refractivity contribution in [2.24, 2.45) is 0 Å². The predicted octanol–water partition coefficient (Wildman–Crippen LogP) is 4.64. The minimum atomic E-state index is -3.32. The van der Waals surface area contributed by atoms with Crippen LogP contribution in [0.1, 0.15) is 41.7 Å². The number of nitrogens with zero attached hydrogens (tertiary/aromatic N) is 1. The molecule has 3 rings (SSSR count). The largest absolute Gasteiger partial charge is 0.364 e. The monoisotopic (exact) mass is 468 g/mol. The highest BCUT2D eigenvalue weighted by Gasteiger charge is 2.29. The highest BCUT2D eigenvalue weighted by Crippen LogP contribution is 2.39. The van der Waals surface area contributed by atoms with Gasteiger partial charge in [-0.15, -0.1) is 0 Å². The van der Waals surface area contributed by atoms with E-state index < -0.39 is 33.4 Å². The zero-order valence-electron chi connectivity index (χ0n) is 17.1. The Labute approximate surface area is 185 Å². The number of nitrogens with one attached hydrogen (secondary N) is 1. The molecule has 1 fully saturated rings. The van der Waals surface area contributed by atoms with Gasteiger partial charge in [-0.25, -0.2) is 17.2 Å². The molecular formula is C22H23ClF2N2O3S. The summed E-state index contributed by atoms with van der Waals surface area (Å²) in [4.78, 5) is 14.3. The van der Waals surface area contributed by atoms with Gasteiger partial charge < -0.3 is 10.2 Å². The Morgan fingerprint density at radius 1 is 1.26 bits per heavy atom. The normalized spacial score (nSPS) is 17.8. The van der Waals surface area contributed by atoms with Crippen LogP contribution < -0.4 is 10.2 Å². The van der Waals surface area contributed by atoms with Crippen molar-refractivity contribution in [1.82, 2.24) is 5.32 Å². The lowest BCUT2D eigenvalue weighted by Crippen LogP contribution is -2.32. The second-order valence-electron chi connectivity index (χ2n) is 7.58. The number of carbonyl (C=O) groups excluding carboxylic acids is 1. The Bertz CT molecular complexity index is 1120. The number of anilines is 1. The minimum Gasteiger partial charge on any atom is -0.364 e. The molecule has 2 aromatic rings. The van der Waals surface area contributed by atoms with E-state index in [0.29, 0.717) is 17.8 Å². The van der Waals surface area contributed by atoms with E-state index in [1.807, 2.05) is 4.90 Å². The van der Waals surface area contributed by atoms with E-state index in [9.17, 15) is 22.0 Å². The minimum absolute atomic E-state index is 0.0620. The fourth-order valence-electron chi connectivity index (χ4n) is 3.64. The van der Waals surface area contributed by atoms with E-state index >= 15 is 0 Å². The quantitative estimate of drug-likeness (QED) is 0.671. The molecule has 9 heteroatoms. The summed E-state index contributed by atoms with van der Waals surface area (Å²) in [6.45, 7) is 2.24. The van der Waals surface area contributed by atoms with Gasteiger partial charge in [0.15, 0.2) is 9.84 Å². The molecular weight excluding hydrogens is 446 g/mol. The van der Waals surface area contributed by atoms with Crippen LogP contribution in [0.4, 0.5) is 14.5 Å². The number of hydrogen-bond acceptors (Lipinski definition) is 4. The summed E-state index contributed by atoms with van der Waals surface area (Å²) < 4.78 is 51.0. The van der Waals surface area contributed by atoms with Gasteiger partial charge in [0.1, 0.15) is 11.6 Å². The number of benzene rings is 2. The van der Waals surface area contributed by atoms with E-state index in [1.165, 1.54) is 24.3 Å². The number of hydrogen-bond donors (Lipinski definition) is 1. The van der Waals surface area contributed by atoms with Gasteiger partial charge in [-0.1, -0.05) is 29.8 Å². The molecule has 166 valence electrons. The van der Waals surface area contributed by atoms with Crippen molar-refractivity contribution in [2.45, 2.75) is 31.8 Å². The van der Waals surface area contributed by atoms with Crippen molar-refractivity contribution >= 4 is 33.0 Å². The maximum Gasteiger partial charge on any atom is 0.254 e. The summed E-state index contributed by atoms with van der Waals surface area (Å²) in [6, 6.07) is 8.17.